The molecule has 13 heteroatoms. The highest BCUT2D eigenvalue weighted by molar-refractivity contribution is 7.89. The second-order valence-corrected chi connectivity index (χ2v) is 11.2. The lowest BCUT2D eigenvalue weighted by molar-refractivity contribution is -0.137. The van der Waals surface area contributed by atoms with Crippen molar-refractivity contribution in [3.63, 3.8) is 0 Å². The summed E-state index contributed by atoms with van der Waals surface area (Å²) in [5.74, 6) is 0.193. The zero-order valence-electron chi connectivity index (χ0n) is 20.7. The molecule has 2 N–H and O–H groups in total. The van der Waals surface area contributed by atoms with E-state index in [1.165, 1.54) is 19.2 Å². The maximum Gasteiger partial charge on any atom is 0.416 e. The van der Waals surface area contributed by atoms with Crippen LogP contribution in [-0.4, -0.2) is 56.8 Å². The lowest BCUT2D eigenvalue weighted by Crippen LogP contribution is -2.50. The Morgan fingerprint density at radius 3 is 2.21 bits per heavy atom. The molecule has 3 atom stereocenters. The number of nitrogens with one attached hydrogen (secondary N) is 2. The van der Waals surface area contributed by atoms with Gasteiger partial charge in [-0.05, 0) is 54.8 Å². The number of anilines is 1. The van der Waals surface area contributed by atoms with Crippen molar-refractivity contribution in [2.45, 2.75) is 56.5 Å². The van der Waals surface area contributed by atoms with E-state index in [0.717, 1.165) is 31.2 Å². The smallest absolute Gasteiger partial charge is 0.416 e. The standard InChI is InChI=1S/C25H28F3N3O6S/c1-36-22-11-15(12-23(32)30-38(2,34)35)3-10-21(22)37-20-13-18-8-9-19(14-20)31(18)24(33)29-17-6-4-16(5-7-17)25(26,27)28/h3-7,10-11,18-20H,8-9,12-14H2,1-2H3,(H,29,33)(H,30,32)/t18-,19+,20+. The number of carbonyl (C=O) groups excluding carboxylic acids is 2. The number of alkyl halides is 3. The summed E-state index contributed by atoms with van der Waals surface area (Å²) in [5.41, 5.74) is 0.0511. The summed E-state index contributed by atoms with van der Waals surface area (Å²) in [6.07, 6.45) is -1.18. The van der Waals surface area contributed by atoms with Crippen LogP contribution in [0.3, 0.4) is 0 Å². The van der Waals surface area contributed by atoms with Gasteiger partial charge in [0, 0.05) is 30.6 Å². The van der Waals surface area contributed by atoms with E-state index in [2.05, 4.69) is 5.32 Å². The Labute approximate surface area is 218 Å². The Morgan fingerprint density at radius 2 is 1.66 bits per heavy atom. The highest BCUT2D eigenvalue weighted by Gasteiger charge is 2.44. The van der Waals surface area contributed by atoms with Gasteiger partial charge in [0.25, 0.3) is 0 Å². The Morgan fingerprint density at radius 1 is 1.03 bits per heavy atom. The van der Waals surface area contributed by atoms with Gasteiger partial charge in [0.1, 0.15) is 6.10 Å². The fraction of sp³-hybridized carbons (Fsp3) is 0.440. The van der Waals surface area contributed by atoms with Crippen molar-refractivity contribution in [1.29, 1.82) is 0 Å². The monoisotopic (exact) mass is 555 g/mol. The minimum Gasteiger partial charge on any atom is -0.493 e. The molecule has 3 amide bonds. The molecule has 2 saturated heterocycles. The third kappa shape index (κ3) is 6.69. The molecule has 0 radical (unpaired) electrons. The Hall–Kier alpha value is -3.48. The van der Waals surface area contributed by atoms with Gasteiger partial charge < -0.3 is 19.7 Å². The van der Waals surface area contributed by atoms with E-state index in [1.54, 1.807) is 23.1 Å². The second-order valence-electron chi connectivity index (χ2n) is 9.47. The largest absolute Gasteiger partial charge is 0.493 e. The normalized spacial score (nSPS) is 21.1. The molecular formula is C25H28F3N3O6S. The van der Waals surface area contributed by atoms with Crippen molar-refractivity contribution in [2.24, 2.45) is 0 Å². The van der Waals surface area contributed by atoms with Crippen LogP contribution in [0.5, 0.6) is 11.5 Å². The molecule has 4 rings (SSSR count). The molecule has 2 heterocycles. The molecule has 2 aliphatic rings. The first-order valence-electron chi connectivity index (χ1n) is 11.9. The zero-order chi connectivity index (χ0) is 27.7. The number of carbonyl (C=O) groups is 2. The van der Waals surface area contributed by atoms with Gasteiger partial charge in [-0.15, -0.1) is 0 Å². The van der Waals surface area contributed by atoms with E-state index in [0.29, 0.717) is 29.9 Å². The van der Waals surface area contributed by atoms with Crippen molar-refractivity contribution in [3.05, 3.63) is 53.6 Å². The van der Waals surface area contributed by atoms with Crippen LogP contribution < -0.4 is 19.5 Å². The average Bonchev–Trinajstić information content (AvgIpc) is 3.09. The van der Waals surface area contributed by atoms with Crippen molar-refractivity contribution in [3.8, 4) is 11.5 Å². The molecule has 2 bridgehead atoms. The van der Waals surface area contributed by atoms with Crippen molar-refractivity contribution in [1.82, 2.24) is 9.62 Å². The van der Waals surface area contributed by atoms with Crippen LogP contribution in [0.4, 0.5) is 23.7 Å². The first-order valence-corrected chi connectivity index (χ1v) is 13.8. The molecule has 2 aliphatic heterocycles. The molecule has 2 aromatic rings. The number of piperidine rings is 1. The SMILES string of the molecule is COc1cc(CC(=O)NS(C)(=O)=O)ccc1O[C@H]1C[C@H]2CC[C@@H](C1)N2C(=O)Nc1ccc(C(F)(F)F)cc1. The number of hydrogen-bond acceptors (Lipinski definition) is 6. The van der Waals surface area contributed by atoms with Gasteiger partial charge in [-0.1, -0.05) is 6.07 Å². The molecule has 9 nitrogen and oxygen atoms in total. The maximum atomic E-state index is 12.9. The molecule has 2 aromatic carbocycles. The number of amides is 3. The molecule has 38 heavy (non-hydrogen) atoms. The van der Waals surface area contributed by atoms with Gasteiger partial charge >= 0.3 is 12.2 Å². The maximum absolute atomic E-state index is 12.9. The summed E-state index contributed by atoms with van der Waals surface area (Å²) in [6.45, 7) is 0. The Bertz CT molecular complexity index is 1290. The predicted octanol–water partition coefficient (Wildman–Crippen LogP) is 3.94. The van der Waals surface area contributed by atoms with Crippen LogP contribution in [0.25, 0.3) is 0 Å². The fourth-order valence-corrected chi connectivity index (χ4v) is 5.50. The van der Waals surface area contributed by atoms with Gasteiger partial charge in [0.15, 0.2) is 11.5 Å². The molecule has 0 unspecified atom stereocenters. The minimum absolute atomic E-state index is 0.0850. The lowest BCUT2D eigenvalue weighted by Gasteiger charge is -2.39. The van der Waals surface area contributed by atoms with Gasteiger partial charge in [0.2, 0.25) is 15.9 Å². The number of hydrogen-bond donors (Lipinski definition) is 2. The molecule has 0 aliphatic carbocycles. The summed E-state index contributed by atoms with van der Waals surface area (Å²) in [4.78, 5) is 26.6. The van der Waals surface area contributed by atoms with Crippen molar-refractivity contribution >= 4 is 27.6 Å². The molecule has 0 spiro atoms. The van der Waals surface area contributed by atoms with Crippen LogP contribution in [0, 0.1) is 0 Å². The van der Waals surface area contributed by atoms with E-state index in [9.17, 15) is 31.2 Å². The first-order chi connectivity index (χ1) is 17.8. The number of methoxy groups -OCH3 is 1. The first kappa shape index (κ1) is 27.6. The van der Waals surface area contributed by atoms with E-state index >= 15 is 0 Å². The molecule has 206 valence electrons. The van der Waals surface area contributed by atoms with Crippen molar-refractivity contribution in [2.75, 3.05) is 18.7 Å². The number of fused-ring (bicyclic) bond motifs is 2. The molecule has 0 saturated carbocycles. The van der Waals surface area contributed by atoms with Gasteiger partial charge in [-0.2, -0.15) is 13.2 Å². The summed E-state index contributed by atoms with van der Waals surface area (Å²) in [7, 11) is -2.20. The van der Waals surface area contributed by atoms with E-state index in [-0.39, 0.29) is 36.3 Å². The fourth-order valence-electron chi connectivity index (χ4n) is 5.01. The second kappa shape index (κ2) is 10.7. The summed E-state index contributed by atoms with van der Waals surface area (Å²) < 4.78 is 74.4. The average molecular weight is 556 g/mol. The third-order valence-electron chi connectivity index (χ3n) is 6.57. The molecule has 2 fully saturated rings. The van der Waals surface area contributed by atoms with Crippen LogP contribution in [0.1, 0.15) is 36.8 Å². The van der Waals surface area contributed by atoms with Crippen LogP contribution in [0.15, 0.2) is 42.5 Å². The number of halogens is 3. The predicted molar refractivity (Wildman–Crippen MR) is 132 cm³/mol. The topological polar surface area (TPSA) is 114 Å². The number of nitrogens with zero attached hydrogens (tertiary/aromatic N) is 1. The highest BCUT2D eigenvalue weighted by Crippen LogP contribution is 2.39. The van der Waals surface area contributed by atoms with E-state index < -0.39 is 27.7 Å². The van der Waals surface area contributed by atoms with E-state index in [4.69, 9.17) is 9.47 Å². The number of ether oxygens (including phenoxy) is 2. The zero-order valence-corrected chi connectivity index (χ0v) is 21.6. The highest BCUT2D eigenvalue weighted by atomic mass is 32.2. The number of rotatable bonds is 7. The number of sulfonamides is 1. The van der Waals surface area contributed by atoms with Gasteiger partial charge in [-0.25, -0.2) is 13.2 Å². The molecular weight excluding hydrogens is 527 g/mol. The van der Waals surface area contributed by atoms with Crippen LogP contribution in [-0.2, 0) is 27.4 Å². The Kier molecular flexibility index (Phi) is 7.77. The Balaban J connectivity index is 1.37. The van der Waals surface area contributed by atoms with Crippen molar-refractivity contribution < 1.29 is 40.7 Å². The summed E-state index contributed by atoms with van der Waals surface area (Å²) in [5, 5.41) is 2.70. The quantitative estimate of drug-likeness (QED) is 0.535. The van der Waals surface area contributed by atoms with E-state index in [1.807, 2.05) is 4.72 Å². The van der Waals surface area contributed by atoms with Gasteiger partial charge in [-0.3, -0.25) is 9.52 Å². The number of benzene rings is 2. The number of urea groups is 1. The lowest BCUT2D eigenvalue weighted by atomic mass is 10.00. The van der Waals surface area contributed by atoms with Gasteiger partial charge in [0.05, 0.1) is 25.3 Å². The molecule has 0 aromatic heterocycles. The van der Waals surface area contributed by atoms with Crippen LogP contribution >= 0.6 is 0 Å². The minimum atomic E-state index is -4.45. The van der Waals surface area contributed by atoms with Crippen LogP contribution in [0.2, 0.25) is 0 Å². The summed E-state index contributed by atoms with van der Waals surface area (Å²) >= 11 is 0. The third-order valence-corrected chi connectivity index (χ3v) is 7.17. The summed E-state index contributed by atoms with van der Waals surface area (Å²) in [6, 6.07) is 8.73.